The molecule has 0 radical (unpaired) electrons. The van der Waals surface area contributed by atoms with E-state index in [2.05, 4.69) is 12.2 Å². The SMILES string of the molecule is COc1ccc([N+](=O)[O-])cc1CNCC1CCC(C)C1. The lowest BCUT2D eigenvalue weighted by Gasteiger charge is -2.13. The zero-order valence-corrected chi connectivity index (χ0v) is 12.1. The number of hydrogen-bond acceptors (Lipinski definition) is 4. The van der Waals surface area contributed by atoms with Crippen LogP contribution in [0.1, 0.15) is 31.7 Å². The molecule has 0 aromatic heterocycles. The highest BCUT2D eigenvalue weighted by Crippen LogP contribution is 2.30. The maximum absolute atomic E-state index is 10.8. The summed E-state index contributed by atoms with van der Waals surface area (Å²) in [5, 5.41) is 14.2. The van der Waals surface area contributed by atoms with E-state index in [-0.39, 0.29) is 10.6 Å². The number of ether oxygens (including phenoxy) is 1. The minimum atomic E-state index is -0.373. The minimum absolute atomic E-state index is 0.108. The Hall–Kier alpha value is -1.62. The topological polar surface area (TPSA) is 64.4 Å². The fourth-order valence-electron chi connectivity index (χ4n) is 2.94. The number of methoxy groups -OCH3 is 1. The summed E-state index contributed by atoms with van der Waals surface area (Å²) >= 11 is 0. The van der Waals surface area contributed by atoms with Gasteiger partial charge in [0.25, 0.3) is 5.69 Å². The van der Waals surface area contributed by atoms with Crippen LogP contribution in [0.3, 0.4) is 0 Å². The fourth-order valence-corrected chi connectivity index (χ4v) is 2.94. The number of nitrogens with zero attached hydrogens (tertiary/aromatic N) is 1. The number of nitrogens with one attached hydrogen (secondary N) is 1. The second kappa shape index (κ2) is 6.70. The van der Waals surface area contributed by atoms with E-state index in [9.17, 15) is 10.1 Å². The van der Waals surface area contributed by atoms with Crippen molar-refractivity contribution in [3.8, 4) is 5.75 Å². The van der Waals surface area contributed by atoms with Crippen LogP contribution in [0.2, 0.25) is 0 Å². The van der Waals surface area contributed by atoms with Crippen molar-refractivity contribution in [1.82, 2.24) is 5.32 Å². The Kier molecular flexibility index (Phi) is 4.95. The van der Waals surface area contributed by atoms with Crippen LogP contribution in [0.15, 0.2) is 18.2 Å². The molecule has 1 aromatic carbocycles. The van der Waals surface area contributed by atoms with Crippen LogP contribution in [0.4, 0.5) is 5.69 Å². The molecule has 5 heteroatoms. The number of nitro groups is 1. The van der Waals surface area contributed by atoms with Gasteiger partial charge < -0.3 is 10.1 Å². The van der Waals surface area contributed by atoms with Crippen LogP contribution in [-0.2, 0) is 6.54 Å². The van der Waals surface area contributed by atoms with Crippen LogP contribution >= 0.6 is 0 Å². The van der Waals surface area contributed by atoms with Crippen molar-refractivity contribution in [2.45, 2.75) is 32.7 Å². The summed E-state index contributed by atoms with van der Waals surface area (Å²) in [6.07, 6.45) is 3.87. The third-order valence-electron chi connectivity index (χ3n) is 4.03. The predicted molar refractivity (Wildman–Crippen MR) is 77.9 cm³/mol. The van der Waals surface area contributed by atoms with Crippen molar-refractivity contribution in [3.05, 3.63) is 33.9 Å². The quantitative estimate of drug-likeness (QED) is 0.641. The summed E-state index contributed by atoms with van der Waals surface area (Å²) in [6.45, 7) is 3.87. The first kappa shape index (κ1) is 14.8. The third kappa shape index (κ3) is 3.70. The molecule has 1 N–H and O–H groups in total. The van der Waals surface area contributed by atoms with E-state index in [1.807, 2.05) is 0 Å². The summed E-state index contributed by atoms with van der Waals surface area (Å²) in [4.78, 5) is 10.4. The monoisotopic (exact) mass is 278 g/mol. The van der Waals surface area contributed by atoms with Crippen molar-refractivity contribution in [2.24, 2.45) is 11.8 Å². The number of benzene rings is 1. The van der Waals surface area contributed by atoms with Crippen molar-refractivity contribution < 1.29 is 9.66 Å². The molecule has 0 spiro atoms. The standard InChI is InChI=1S/C15H22N2O3/c1-11-3-4-12(7-11)9-16-10-13-8-14(17(18)19)5-6-15(13)20-2/h5-6,8,11-12,16H,3-4,7,9-10H2,1-2H3. The number of rotatable bonds is 6. The smallest absolute Gasteiger partial charge is 0.270 e. The number of hydrogen-bond donors (Lipinski definition) is 1. The lowest BCUT2D eigenvalue weighted by molar-refractivity contribution is -0.384. The molecule has 1 aromatic rings. The van der Waals surface area contributed by atoms with Gasteiger partial charge >= 0.3 is 0 Å². The number of non-ortho nitro benzene ring substituents is 1. The van der Waals surface area contributed by atoms with E-state index in [1.54, 1.807) is 19.2 Å². The summed E-state index contributed by atoms with van der Waals surface area (Å²) in [5.74, 6) is 2.26. The summed E-state index contributed by atoms with van der Waals surface area (Å²) in [5.41, 5.74) is 0.949. The van der Waals surface area contributed by atoms with Gasteiger partial charge in [0.05, 0.1) is 12.0 Å². The maximum Gasteiger partial charge on any atom is 0.270 e. The average Bonchev–Trinajstić information content (AvgIpc) is 2.84. The molecule has 0 heterocycles. The summed E-state index contributed by atoms with van der Waals surface area (Å²) in [6, 6.07) is 4.72. The normalized spacial score (nSPS) is 21.9. The van der Waals surface area contributed by atoms with Gasteiger partial charge in [-0.2, -0.15) is 0 Å². The highest BCUT2D eigenvalue weighted by molar-refractivity contribution is 5.43. The average molecular weight is 278 g/mol. The Bertz CT molecular complexity index is 476. The van der Waals surface area contributed by atoms with E-state index in [0.29, 0.717) is 12.3 Å². The molecule has 1 fully saturated rings. The molecule has 2 atom stereocenters. The zero-order valence-electron chi connectivity index (χ0n) is 12.1. The molecule has 2 unspecified atom stereocenters. The highest BCUT2D eigenvalue weighted by atomic mass is 16.6. The van der Waals surface area contributed by atoms with Gasteiger partial charge in [0.15, 0.2) is 0 Å². The van der Waals surface area contributed by atoms with Crippen LogP contribution in [0.5, 0.6) is 5.75 Å². The first-order valence-corrected chi connectivity index (χ1v) is 7.12. The predicted octanol–water partition coefficient (Wildman–Crippen LogP) is 3.13. The Morgan fingerprint density at radius 3 is 2.85 bits per heavy atom. The van der Waals surface area contributed by atoms with Gasteiger partial charge in [-0.1, -0.05) is 13.3 Å². The molecule has 1 aliphatic carbocycles. The Morgan fingerprint density at radius 1 is 1.45 bits per heavy atom. The van der Waals surface area contributed by atoms with Gasteiger partial charge in [-0.05, 0) is 37.3 Å². The second-order valence-electron chi connectivity index (χ2n) is 5.67. The first-order chi connectivity index (χ1) is 9.60. The van der Waals surface area contributed by atoms with Crippen molar-refractivity contribution in [1.29, 1.82) is 0 Å². The van der Waals surface area contributed by atoms with Crippen molar-refractivity contribution >= 4 is 5.69 Å². The molecule has 0 amide bonds. The first-order valence-electron chi connectivity index (χ1n) is 7.12. The van der Waals surface area contributed by atoms with E-state index in [0.717, 1.165) is 23.9 Å². The maximum atomic E-state index is 10.8. The molecule has 0 aliphatic heterocycles. The molecule has 0 bridgehead atoms. The van der Waals surface area contributed by atoms with Crippen molar-refractivity contribution in [2.75, 3.05) is 13.7 Å². The van der Waals surface area contributed by atoms with E-state index >= 15 is 0 Å². The molecule has 110 valence electrons. The molecule has 5 nitrogen and oxygen atoms in total. The Balaban J connectivity index is 1.93. The van der Waals surface area contributed by atoms with Gasteiger partial charge in [0.1, 0.15) is 5.75 Å². The molecule has 1 aliphatic rings. The lowest BCUT2D eigenvalue weighted by Crippen LogP contribution is -2.21. The second-order valence-corrected chi connectivity index (χ2v) is 5.67. The molecule has 0 saturated heterocycles. The number of nitro benzene ring substituents is 1. The highest BCUT2D eigenvalue weighted by Gasteiger charge is 2.20. The van der Waals surface area contributed by atoms with Gasteiger partial charge in [0, 0.05) is 24.2 Å². The van der Waals surface area contributed by atoms with E-state index in [4.69, 9.17) is 4.74 Å². The van der Waals surface area contributed by atoms with Crippen molar-refractivity contribution in [3.63, 3.8) is 0 Å². The van der Waals surface area contributed by atoms with Gasteiger partial charge in [0.2, 0.25) is 0 Å². The van der Waals surface area contributed by atoms with E-state index in [1.165, 1.54) is 25.3 Å². The van der Waals surface area contributed by atoms with Crippen LogP contribution in [0, 0.1) is 22.0 Å². The van der Waals surface area contributed by atoms with E-state index < -0.39 is 0 Å². The largest absolute Gasteiger partial charge is 0.496 e. The van der Waals surface area contributed by atoms with Gasteiger partial charge in [-0.3, -0.25) is 10.1 Å². The van der Waals surface area contributed by atoms with Gasteiger partial charge in [-0.15, -0.1) is 0 Å². The Morgan fingerprint density at radius 2 is 2.25 bits per heavy atom. The van der Waals surface area contributed by atoms with Crippen LogP contribution in [-0.4, -0.2) is 18.6 Å². The van der Waals surface area contributed by atoms with Gasteiger partial charge in [-0.25, -0.2) is 0 Å². The Labute approximate surface area is 119 Å². The lowest BCUT2D eigenvalue weighted by atomic mass is 10.1. The summed E-state index contributed by atoms with van der Waals surface area (Å²) in [7, 11) is 1.59. The zero-order chi connectivity index (χ0) is 14.5. The fraction of sp³-hybridized carbons (Fsp3) is 0.600. The molecule has 2 rings (SSSR count). The molecular weight excluding hydrogens is 256 g/mol. The summed E-state index contributed by atoms with van der Waals surface area (Å²) < 4.78 is 5.26. The molecule has 20 heavy (non-hydrogen) atoms. The third-order valence-corrected chi connectivity index (χ3v) is 4.03. The minimum Gasteiger partial charge on any atom is -0.496 e. The molecule has 1 saturated carbocycles. The van der Waals surface area contributed by atoms with Crippen LogP contribution in [0.25, 0.3) is 0 Å². The van der Waals surface area contributed by atoms with Crippen LogP contribution < -0.4 is 10.1 Å². The molecular formula is C15H22N2O3.